The van der Waals surface area contributed by atoms with Gasteiger partial charge in [0.1, 0.15) is 6.10 Å². The highest BCUT2D eigenvalue weighted by Crippen LogP contribution is 2.82. The van der Waals surface area contributed by atoms with Gasteiger partial charge < -0.3 is 4.74 Å². The quantitative estimate of drug-likeness (QED) is 0.504. The summed E-state index contributed by atoms with van der Waals surface area (Å²) in [6, 6.07) is 0. The number of rotatable bonds is 0. The summed E-state index contributed by atoms with van der Waals surface area (Å²) in [4.78, 5) is 11.1. The minimum Gasteiger partial charge on any atom is -0.462 e. The number of carbonyl (C=O) groups is 1. The average Bonchev–Trinajstić information content (AvgIpc) is 2.88. The van der Waals surface area contributed by atoms with Gasteiger partial charge in [0.25, 0.3) is 0 Å². The van der Waals surface area contributed by atoms with Crippen LogP contribution < -0.4 is 0 Å². The van der Waals surface area contributed by atoms with Crippen LogP contribution in [-0.2, 0) is 9.53 Å². The summed E-state index contributed by atoms with van der Waals surface area (Å²) in [5.74, 6) is -15.1. The Bertz CT molecular complexity index is 465. The van der Waals surface area contributed by atoms with E-state index in [2.05, 4.69) is 0 Å². The fourth-order valence-corrected chi connectivity index (χ4v) is 4.63. The Labute approximate surface area is 103 Å². The van der Waals surface area contributed by atoms with Gasteiger partial charge in [0.15, 0.2) is 0 Å². The molecule has 19 heavy (non-hydrogen) atoms. The van der Waals surface area contributed by atoms with Crippen LogP contribution in [0.25, 0.3) is 0 Å². The fourth-order valence-electron chi connectivity index (χ4n) is 4.63. The van der Waals surface area contributed by atoms with Gasteiger partial charge in [-0.2, -0.15) is 17.6 Å². The van der Waals surface area contributed by atoms with Crippen molar-refractivity contribution >= 4 is 5.97 Å². The molecule has 4 rings (SSSR count). The number of esters is 1. The molecule has 4 fully saturated rings. The van der Waals surface area contributed by atoms with Gasteiger partial charge in [-0.15, -0.1) is 0 Å². The molecule has 3 saturated carbocycles. The first-order chi connectivity index (χ1) is 8.60. The van der Waals surface area contributed by atoms with Gasteiger partial charge in [0, 0.05) is 17.8 Å². The summed E-state index contributed by atoms with van der Waals surface area (Å²) in [7, 11) is 0. The molecule has 0 spiro atoms. The van der Waals surface area contributed by atoms with Gasteiger partial charge in [0.05, 0.1) is 6.42 Å². The van der Waals surface area contributed by atoms with E-state index in [1.54, 1.807) is 0 Å². The van der Waals surface area contributed by atoms with Crippen LogP contribution in [0.4, 0.5) is 26.3 Å². The smallest absolute Gasteiger partial charge is 0.350 e. The lowest BCUT2D eigenvalue weighted by atomic mass is 9.52. The highest BCUT2D eigenvalue weighted by atomic mass is 19.3. The molecular weight excluding hydrogens is 278 g/mol. The molecule has 2 nitrogen and oxygen atoms in total. The summed E-state index contributed by atoms with van der Waals surface area (Å²) < 4.78 is 87.2. The van der Waals surface area contributed by atoms with Crippen molar-refractivity contribution in [2.24, 2.45) is 17.8 Å². The molecule has 106 valence electrons. The van der Waals surface area contributed by atoms with Gasteiger partial charge in [0.2, 0.25) is 11.3 Å². The van der Waals surface area contributed by atoms with Crippen LogP contribution in [0.5, 0.6) is 0 Å². The number of hydrogen-bond donors (Lipinski definition) is 0. The summed E-state index contributed by atoms with van der Waals surface area (Å²) in [6.07, 6.45) is -1.94. The maximum absolute atomic E-state index is 14.4. The summed E-state index contributed by atoms with van der Waals surface area (Å²) >= 11 is 0. The van der Waals surface area contributed by atoms with Crippen LogP contribution >= 0.6 is 0 Å². The topological polar surface area (TPSA) is 26.3 Å². The molecule has 8 heteroatoms. The molecule has 6 atom stereocenters. The number of fused-ring (bicyclic) bond motifs is 8. The molecule has 0 amide bonds. The summed E-state index contributed by atoms with van der Waals surface area (Å²) in [5, 5.41) is 0. The number of ether oxygens (including phenoxy) is 1. The van der Waals surface area contributed by atoms with Crippen LogP contribution in [0.3, 0.4) is 0 Å². The lowest BCUT2D eigenvalue weighted by molar-refractivity contribution is -0.455. The molecule has 1 aliphatic heterocycles. The molecule has 0 unspecified atom stereocenters. The second kappa shape index (κ2) is 2.61. The molecule has 0 aromatic rings. The van der Waals surface area contributed by atoms with Gasteiger partial charge in [-0.3, -0.25) is 4.79 Å². The number of hydrogen-bond acceptors (Lipinski definition) is 2. The Kier molecular flexibility index (Phi) is 1.62. The van der Waals surface area contributed by atoms with E-state index in [0.717, 1.165) is 0 Å². The van der Waals surface area contributed by atoms with Crippen LogP contribution in [0.15, 0.2) is 0 Å². The standard InChI is InChI=1S/C11H8F6O2/c12-8-4-2-5(7-3(4)1-6(18)19-7)9(8,13)11(16,17)10(8,14)15/h3-5,7H,1-2H2/t3-,4+,5-,7-,8-,9-/m0/s1. The van der Waals surface area contributed by atoms with Gasteiger partial charge in [-0.05, 0) is 6.42 Å². The summed E-state index contributed by atoms with van der Waals surface area (Å²) in [6.45, 7) is 0. The first kappa shape index (κ1) is 11.8. The first-order valence-electron chi connectivity index (χ1n) is 5.93. The normalized spacial score (nSPS) is 59.4. The Balaban J connectivity index is 1.87. The Morgan fingerprint density at radius 1 is 0.947 bits per heavy atom. The zero-order valence-electron chi connectivity index (χ0n) is 9.31. The Morgan fingerprint density at radius 2 is 1.47 bits per heavy atom. The van der Waals surface area contributed by atoms with Crippen LogP contribution in [-0.4, -0.2) is 35.3 Å². The predicted octanol–water partition coefficient (Wildman–Crippen LogP) is 2.27. The van der Waals surface area contributed by atoms with E-state index < -0.39 is 59.4 Å². The Hall–Kier alpha value is -0.950. The van der Waals surface area contributed by atoms with E-state index in [1.807, 2.05) is 0 Å². The monoisotopic (exact) mass is 286 g/mol. The Morgan fingerprint density at radius 3 is 2.05 bits per heavy atom. The van der Waals surface area contributed by atoms with Crippen molar-refractivity contribution in [1.29, 1.82) is 0 Å². The molecule has 3 aliphatic carbocycles. The van der Waals surface area contributed by atoms with Gasteiger partial charge in [-0.1, -0.05) is 0 Å². The van der Waals surface area contributed by atoms with E-state index in [-0.39, 0.29) is 6.42 Å². The summed E-state index contributed by atoms with van der Waals surface area (Å²) in [5.41, 5.74) is -7.82. The number of alkyl halides is 6. The van der Waals surface area contributed by atoms with Crippen LogP contribution in [0.2, 0.25) is 0 Å². The van der Waals surface area contributed by atoms with Crippen molar-refractivity contribution in [1.82, 2.24) is 0 Å². The second-order valence-corrected chi connectivity index (χ2v) is 5.84. The molecule has 0 radical (unpaired) electrons. The maximum atomic E-state index is 14.4. The van der Waals surface area contributed by atoms with E-state index in [1.165, 1.54) is 0 Å². The van der Waals surface area contributed by atoms with Crippen molar-refractivity contribution in [3.63, 3.8) is 0 Å². The second-order valence-electron chi connectivity index (χ2n) is 5.84. The van der Waals surface area contributed by atoms with Gasteiger partial charge in [-0.25, -0.2) is 8.78 Å². The number of carbonyl (C=O) groups excluding carboxylic acids is 1. The van der Waals surface area contributed by atoms with E-state index in [4.69, 9.17) is 4.74 Å². The lowest BCUT2D eigenvalue weighted by Gasteiger charge is -2.61. The van der Waals surface area contributed by atoms with Crippen molar-refractivity contribution in [3.8, 4) is 0 Å². The highest BCUT2D eigenvalue weighted by Gasteiger charge is 3.05. The fraction of sp³-hybridized carbons (Fsp3) is 0.909. The zero-order valence-corrected chi connectivity index (χ0v) is 9.31. The van der Waals surface area contributed by atoms with Crippen LogP contribution in [0, 0.1) is 17.8 Å². The van der Waals surface area contributed by atoms with Crippen molar-refractivity contribution < 1.29 is 35.9 Å². The van der Waals surface area contributed by atoms with Crippen molar-refractivity contribution in [2.45, 2.75) is 42.1 Å². The van der Waals surface area contributed by atoms with Crippen LogP contribution in [0.1, 0.15) is 12.8 Å². The molecule has 0 aromatic carbocycles. The van der Waals surface area contributed by atoms with Gasteiger partial charge >= 0.3 is 17.8 Å². The maximum Gasteiger partial charge on any atom is 0.350 e. The third kappa shape index (κ3) is 0.765. The van der Waals surface area contributed by atoms with E-state index in [9.17, 15) is 31.1 Å². The molecule has 1 saturated heterocycles. The highest BCUT2D eigenvalue weighted by molar-refractivity contribution is 5.73. The zero-order chi connectivity index (χ0) is 14.0. The molecule has 1 heterocycles. The SMILES string of the molecule is O=C1C[C@@H]2[C@H](O1)[C@@H]1C[C@H]2[C@@]2(F)C(F)(F)C(F)(F)[C@]12F. The predicted molar refractivity (Wildman–Crippen MR) is 47.2 cm³/mol. The molecule has 0 N–H and O–H groups in total. The lowest BCUT2D eigenvalue weighted by Crippen LogP contribution is -2.89. The molecular formula is C11H8F6O2. The van der Waals surface area contributed by atoms with E-state index >= 15 is 0 Å². The van der Waals surface area contributed by atoms with Crippen molar-refractivity contribution in [3.05, 3.63) is 0 Å². The van der Waals surface area contributed by atoms with E-state index in [0.29, 0.717) is 0 Å². The molecule has 0 aromatic heterocycles. The number of halogens is 6. The minimum atomic E-state index is -5.06. The molecule has 2 bridgehead atoms. The van der Waals surface area contributed by atoms with Crippen molar-refractivity contribution in [2.75, 3.05) is 0 Å². The molecule has 4 aliphatic rings. The third-order valence-corrected chi connectivity index (χ3v) is 5.37. The largest absolute Gasteiger partial charge is 0.462 e. The first-order valence-corrected chi connectivity index (χ1v) is 5.93. The minimum absolute atomic E-state index is 0.310. The third-order valence-electron chi connectivity index (χ3n) is 5.37. The average molecular weight is 286 g/mol.